The van der Waals surface area contributed by atoms with Crippen molar-refractivity contribution in [1.82, 2.24) is 9.80 Å². The molecule has 2 aromatic rings. The molecule has 0 unspecified atom stereocenters. The smallest absolute Gasteiger partial charge is 0.236 e. The Bertz CT molecular complexity index is 915. The summed E-state index contributed by atoms with van der Waals surface area (Å²) in [5.41, 5.74) is 1.71. The molecular weight excluding hydrogens is 397 g/mol. The number of benzene rings is 2. The number of ether oxygens (including phenoxy) is 2. The monoisotopic (exact) mass is 427 g/mol. The van der Waals surface area contributed by atoms with E-state index in [1.807, 2.05) is 34.1 Å². The lowest BCUT2D eigenvalue weighted by molar-refractivity contribution is -0.133. The van der Waals surface area contributed by atoms with Gasteiger partial charge in [-0.15, -0.1) is 0 Å². The van der Waals surface area contributed by atoms with Gasteiger partial charge < -0.3 is 19.3 Å². The summed E-state index contributed by atoms with van der Waals surface area (Å²) in [6, 6.07) is 12.9. The van der Waals surface area contributed by atoms with E-state index in [4.69, 9.17) is 9.47 Å². The minimum atomic E-state index is -0.212. The van der Waals surface area contributed by atoms with E-state index in [1.54, 1.807) is 26.4 Å². The Morgan fingerprint density at radius 1 is 1.03 bits per heavy atom. The average Bonchev–Trinajstić information content (AvgIpc) is 3.26. The Morgan fingerprint density at radius 2 is 1.81 bits per heavy atom. The molecule has 2 fully saturated rings. The Labute approximate surface area is 183 Å². The summed E-state index contributed by atoms with van der Waals surface area (Å²) in [7, 11) is 3.30. The largest absolute Gasteiger partial charge is 0.497 e. The summed E-state index contributed by atoms with van der Waals surface area (Å²) in [5, 5.41) is 0. The predicted octanol–water partition coefficient (Wildman–Crippen LogP) is 3.33. The Morgan fingerprint density at radius 3 is 2.52 bits per heavy atom. The highest BCUT2D eigenvalue weighted by atomic mass is 19.1. The van der Waals surface area contributed by atoms with Gasteiger partial charge in [-0.2, -0.15) is 0 Å². The number of para-hydroxylation sites is 1. The molecule has 0 spiro atoms. The summed E-state index contributed by atoms with van der Waals surface area (Å²) in [5.74, 6) is 1.47. The first-order valence-corrected chi connectivity index (χ1v) is 10.8. The second-order valence-electron chi connectivity index (χ2n) is 8.06. The lowest BCUT2D eigenvalue weighted by atomic mass is 10.0. The highest BCUT2D eigenvalue weighted by Crippen LogP contribution is 2.38. The van der Waals surface area contributed by atoms with Crippen LogP contribution in [0.15, 0.2) is 42.5 Å². The molecule has 4 rings (SSSR count). The van der Waals surface area contributed by atoms with Crippen molar-refractivity contribution in [3.05, 3.63) is 53.8 Å². The maximum atomic E-state index is 14.1. The van der Waals surface area contributed by atoms with Gasteiger partial charge in [-0.1, -0.05) is 18.2 Å². The molecule has 2 aliphatic rings. The molecule has 2 aliphatic heterocycles. The van der Waals surface area contributed by atoms with E-state index in [0.717, 1.165) is 36.4 Å². The quantitative estimate of drug-likeness (QED) is 0.708. The van der Waals surface area contributed by atoms with E-state index in [2.05, 4.69) is 4.90 Å². The van der Waals surface area contributed by atoms with Crippen molar-refractivity contribution in [2.24, 2.45) is 0 Å². The number of piperazine rings is 1. The number of methoxy groups -OCH3 is 2. The zero-order valence-corrected chi connectivity index (χ0v) is 18.2. The normalized spacial score (nSPS) is 19.5. The number of nitrogens with zero attached hydrogens (tertiary/aromatic N) is 3. The second-order valence-corrected chi connectivity index (χ2v) is 8.06. The predicted molar refractivity (Wildman–Crippen MR) is 118 cm³/mol. The highest BCUT2D eigenvalue weighted by Gasteiger charge is 2.32. The third-order valence-corrected chi connectivity index (χ3v) is 6.33. The summed E-state index contributed by atoms with van der Waals surface area (Å²) >= 11 is 0. The second kappa shape index (κ2) is 9.56. The summed E-state index contributed by atoms with van der Waals surface area (Å²) in [6.45, 7) is 3.78. The van der Waals surface area contributed by atoms with Gasteiger partial charge in [0.2, 0.25) is 5.91 Å². The Balaban J connectivity index is 1.38. The van der Waals surface area contributed by atoms with E-state index in [1.165, 1.54) is 6.07 Å². The third kappa shape index (κ3) is 4.61. The number of likely N-dealkylation sites (tertiary alicyclic amines) is 1. The Kier molecular flexibility index (Phi) is 6.61. The molecule has 166 valence electrons. The average molecular weight is 428 g/mol. The molecule has 0 aliphatic carbocycles. The minimum absolute atomic E-state index is 0.132. The van der Waals surface area contributed by atoms with E-state index in [-0.39, 0.29) is 17.8 Å². The molecular formula is C24H30FN3O3. The van der Waals surface area contributed by atoms with Gasteiger partial charge in [-0.05, 0) is 37.6 Å². The van der Waals surface area contributed by atoms with Crippen molar-refractivity contribution >= 4 is 11.6 Å². The molecule has 2 heterocycles. The topological polar surface area (TPSA) is 45.2 Å². The summed E-state index contributed by atoms with van der Waals surface area (Å²) in [6.07, 6.45) is 2.05. The number of amides is 1. The van der Waals surface area contributed by atoms with Gasteiger partial charge in [0.15, 0.2) is 0 Å². The van der Waals surface area contributed by atoms with Crippen LogP contribution in [0.25, 0.3) is 0 Å². The van der Waals surface area contributed by atoms with Crippen LogP contribution in [-0.4, -0.2) is 69.2 Å². The molecule has 0 saturated carbocycles. The number of rotatable bonds is 6. The van der Waals surface area contributed by atoms with Gasteiger partial charge in [0, 0.05) is 43.9 Å². The number of anilines is 1. The summed E-state index contributed by atoms with van der Waals surface area (Å²) in [4.78, 5) is 19.2. The zero-order chi connectivity index (χ0) is 21.8. The third-order valence-electron chi connectivity index (χ3n) is 6.33. The highest BCUT2D eigenvalue weighted by molar-refractivity contribution is 5.78. The van der Waals surface area contributed by atoms with Crippen LogP contribution in [0, 0.1) is 5.82 Å². The van der Waals surface area contributed by atoms with Gasteiger partial charge in [-0.25, -0.2) is 4.39 Å². The van der Waals surface area contributed by atoms with Crippen LogP contribution in [0.1, 0.15) is 24.4 Å². The minimum Gasteiger partial charge on any atom is -0.497 e. The number of halogens is 1. The number of hydrogen-bond donors (Lipinski definition) is 0. The van der Waals surface area contributed by atoms with Gasteiger partial charge in [0.25, 0.3) is 0 Å². The first-order valence-electron chi connectivity index (χ1n) is 10.8. The molecule has 31 heavy (non-hydrogen) atoms. The SMILES string of the molecule is COc1ccc([C@@H]2CCCN2CC(=O)N2CCN(c3ccccc3F)CC2)c(OC)c1. The van der Waals surface area contributed by atoms with Crippen LogP contribution < -0.4 is 14.4 Å². The van der Waals surface area contributed by atoms with Crippen molar-refractivity contribution in [1.29, 1.82) is 0 Å². The van der Waals surface area contributed by atoms with Crippen LogP contribution in [-0.2, 0) is 4.79 Å². The fraction of sp³-hybridized carbons (Fsp3) is 0.458. The lowest BCUT2D eigenvalue weighted by Crippen LogP contribution is -2.51. The zero-order valence-electron chi connectivity index (χ0n) is 18.2. The van der Waals surface area contributed by atoms with E-state index in [0.29, 0.717) is 38.4 Å². The van der Waals surface area contributed by atoms with Crippen LogP contribution in [0.3, 0.4) is 0 Å². The first kappa shape index (κ1) is 21.4. The number of hydrogen-bond acceptors (Lipinski definition) is 5. The van der Waals surface area contributed by atoms with Crippen LogP contribution in [0.4, 0.5) is 10.1 Å². The van der Waals surface area contributed by atoms with Gasteiger partial charge in [0.1, 0.15) is 17.3 Å². The molecule has 1 atom stereocenters. The van der Waals surface area contributed by atoms with Gasteiger partial charge in [0.05, 0.1) is 26.5 Å². The maximum Gasteiger partial charge on any atom is 0.236 e. The fourth-order valence-corrected chi connectivity index (χ4v) is 4.64. The number of carbonyl (C=O) groups is 1. The molecule has 0 bridgehead atoms. The van der Waals surface area contributed by atoms with E-state index >= 15 is 0 Å². The number of carbonyl (C=O) groups excluding carboxylic acids is 1. The van der Waals surface area contributed by atoms with Crippen LogP contribution in [0.2, 0.25) is 0 Å². The first-order chi connectivity index (χ1) is 15.1. The van der Waals surface area contributed by atoms with Crippen molar-refractivity contribution in [3.8, 4) is 11.5 Å². The summed E-state index contributed by atoms with van der Waals surface area (Å²) < 4.78 is 25.0. The van der Waals surface area contributed by atoms with Crippen molar-refractivity contribution < 1.29 is 18.7 Å². The van der Waals surface area contributed by atoms with Crippen LogP contribution >= 0.6 is 0 Å². The van der Waals surface area contributed by atoms with Crippen molar-refractivity contribution in [2.75, 3.05) is 58.4 Å². The fourth-order valence-electron chi connectivity index (χ4n) is 4.64. The molecule has 2 saturated heterocycles. The molecule has 0 aromatic heterocycles. The van der Waals surface area contributed by atoms with E-state index in [9.17, 15) is 9.18 Å². The van der Waals surface area contributed by atoms with Gasteiger partial charge >= 0.3 is 0 Å². The van der Waals surface area contributed by atoms with Crippen molar-refractivity contribution in [3.63, 3.8) is 0 Å². The molecule has 0 N–H and O–H groups in total. The van der Waals surface area contributed by atoms with Gasteiger partial charge in [-0.3, -0.25) is 9.69 Å². The standard InChI is InChI=1S/C24H30FN3O3/c1-30-18-9-10-19(23(16-18)31-2)21-8-5-11-28(21)17-24(29)27-14-12-26(13-15-27)22-7-4-3-6-20(22)25/h3-4,6-7,9-10,16,21H,5,8,11-15,17H2,1-2H3/t21-/m0/s1. The van der Waals surface area contributed by atoms with Crippen LogP contribution in [0.5, 0.6) is 11.5 Å². The van der Waals surface area contributed by atoms with Crippen molar-refractivity contribution in [2.45, 2.75) is 18.9 Å². The Hall–Kier alpha value is -2.80. The molecule has 1 amide bonds. The molecule has 6 nitrogen and oxygen atoms in total. The molecule has 2 aromatic carbocycles. The maximum absolute atomic E-state index is 14.1. The lowest BCUT2D eigenvalue weighted by Gasteiger charge is -2.37. The molecule has 0 radical (unpaired) electrons. The molecule has 7 heteroatoms. The van der Waals surface area contributed by atoms with E-state index < -0.39 is 0 Å².